The molecule has 1 amide bonds. The van der Waals surface area contributed by atoms with E-state index in [-0.39, 0.29) is 0 Å². The summed E-state index contributed by atoms with van der Waals surface area (Å²) in [6.45, 7) is 2.50. The summed E-state index contributed by atoms with van der Waals surface area (Å²) >= 11 is 0. The van der Waals surface area contributed by atoms with Crippen molar-refractivity contribution in [2.45, 2.75) is 19.9 Å². The molecular weight excluding hydrogens is 225 g/mol. The normalized spacial score (nSPS) is 11.9. The summed E-state index contributed by atoms with van der Waals surface area (Å²) in [6.07, 6.45) is 0. The summed E-state index contributed by atoms with van der Waals surface area (Å²) in [5.41, 5.74) is 2.08. The van der Waals surface area contributed by atoms with Crippen LogP contribution in [0.2, 0.25) is 0 Å². The molecule has 0 saturated heterocycles. The third-order valence-corrected chi connectivity index (χ3v) is 2.38. The SMILES string of the molecule is Cc1ccc(C(=O)NC(CF)C(=O)O)c(C)c1. The van der Waals surface area contributed by atoms with Gasteiger partial charge in [-0.2, -0.15) is 0 Å². The van der Waals surface area contributed by atoms with Crippen molar-refractivity contribution in [3.05, 3.63) is 34.9 Å². The van der Waals surface area contributed by atoms with Gasteiger partial charge < -0.3 is 10.4 Å². The number of aliphatic carboxylic acids is 1. The molecule has 1 aromatic rings. The van der Waals surface area contributed by atoms with E-state index in [1.54, 1.807) is 25.1 Å². The number of hydrogen-bond donors (Lipinski definition) is 2. The molecule has 1 atom stereocenters. The Morgan fingerprint density at radius 3 is 2.53 bits per heavy atom. The average Bonchev–Trinajstić information content (AvgIpc) is 2.24. The van der Waals surface area contributed by atoms with Crippen LogP contribution in [0.1, 0.15) is 21.5 Å². The van der Waals surface area contributed by atoms with Gasteiger partial charge in [-0.1, -0.05) is 17.7 Å². The van der Waals surface area contributed by atoms with Crippen LogP contribution in [0, 0.1) is 13.8 Å². The van der Waals surface area contributed by atoms with Crippen molar-refractivity contribution in [1.82, 2.24) is 5.32 Å². The van der Waals surface area contributed by atoms with E-state index < -0.39 is 24.6 Å². The minimum Gasteiger partial charge on any atom is -0.480 e. The van der Waals surface area contributed by atoms with E-state index in [1.165, 1.54) is 0 Å². The van der Waals surface area contributed by atoms with Crippen LogP contribution in [0.25, 0.3) is 0 Å². The second-order valence-electron chi connectivity index (χ2n) is 3.84. The Morgan fingerprint density at radius 1 is 1.41 bits per heavy atom. The smallest absolute Gasteiger partial charge is 0.328 e. The van der Waals surface area contributed by atoms with Crippen molar-refractivity contribution in [1.29, 1.82) is 0 Å². The summed E-state index contributed by atoms with van der Waals surface area (Å²) in [4.78, 5) is 22.3. The number of halogens is 1. The molecule has 5 heteroatoms. The van der Waals surface area contributed by atoms with Crippen LogP contribution in [0.15, 0.2) is 18.2 Å². The number of carboxylic acid groups (broad SMARTS) is 1. The van der Waals surface area contributed by atoms with Gasteiger partial charge in [0.2, 0.25) is 0 Å². The number of hydrogen-bond acceptors (Lipinski definition) is 2. The number of nitrogens with one attached hydrogen (secondary N) is 1. The van der Waals surface area contributed by atoms with Gasteiger partial charge in [0.25, 0.3) is 5.91 Å². The molecule has 92 valence electrons. The third-order valence-electron chi connectivity index (χ3n) is 2.38. The lowest BCUT2D eigenvalue weighted by atomic mass is 10.0. The second kappa shape index (κ2) is 5.43. The topological polar surface area (TPSA) is 66.4 Å². The van der Waals surface area contributed by atoms with E-state index in [4.69, 9.17) is 5.11 Å². The van der Waals surface area contributed by atoms with Crippen molar-refractivity contribution in [3.8, 4) is 0 Å². The van der Waals surface area contributed by atoms with Crippen LogP contribution < -0.4 is 5.32 Å². The van der Waals surface area contributed by atoms with Crippen LogP contribution in [0.4, 0.5) is 4.39 Å². The Labute approximate surface area is 98.5 Å². The maximum Gasteiger partial charge on any atom is 0.328 e. The molecule has 0 bridgehead atoms. The fourth-order valence-corrected chi connectivity index (χ4v) is 1.47. The number of alkyl halides is 1. The molecule has 1 unspecified atom stereocenters. The highest BCUT2D eigenvalue weighted by Gasteiger charge is 2.21. The Morgan fingerprint density at radius 2 is 2.06 bits per heavy atom. The van der Waals surface area contributed by atoms with E-state index in [9.17, 15) is 14.0 Å². The van der Waals surface area contributed by atoms with Gasteiger partial charge in [0.05, 0.1) is 0 Å². The maximum absolute atomic E-state index is 12.4. The Balaban J connectivity index is 2.86. The highest BCUT2D eigenvalue weighted by atomic mass is 19.1. The molecule has 2 N–H and O–H groups in total. The molecule has 0 aliphatic rings. The fourth-order valence-electron chi connectivity index (χ4n) is 1.47. The summed E-state index contributed by atoms with van der Waals surface area (Å²) in [5.74, 6) is -1.96. The molecule has 0 radical (unpaired) electrons. The molecular formula is C12H14FNO3. The van der Waals surface area contributed by atoms with Crippen LogP contribution >= 0.6 is 0 Å². The van der Waals surface area contributed by atoms with Gasteiger partial charge >= 0.3 is 5.97 Å². The van der Waals surface area contributed by atoms with Crippen molar-refractivity contribution in [2.24, 2.45) is 0 Å². The number of benzene rings is 1. The first-order valence-corrected chi connectivity index (χ1v) is 5.12. The van der Waals surface area contributed by atoms with Crippen molar-refractivity contribution in [2.75, 3.05) is 6.67 Å². The van der Waals surface area contributed by atoms with Gasteiger partial charge in [0.15, 0.2) is 6.04 Å². The molecule has 4 nitrogen and oxygen atoms in total. The molecule has 0 fully saturated rings. The quantitative estimate of drug-likeness (QED) is 0.835. The first-order chi connectivity index (χ1) is 7.95. The highest BCUT2D eigenvalue weighted by molar-refractivity contribution is 5.97. The van der Waals surface area contributed by atoms with Crippen LogP contribution in [0.5, 0.6) is 0 Å². The van der Waals surface area contributed by atoms with Crippen LogP contribution in [-0.4, -0.2) is 29.7 Å². The standard InChI is InChI=1S/C12H14FNO3/c1-7-3-4-9(8(2)5-7)11(15)14-10(6-13)12(16)17/h3-5,10H,6H2,1-2H3,(H,14,15)(H,16,17). The molecule has 17 heavy (non-hydrogen) atoms. The lowest BCUT2D eigenvalue weighted by molar-refractivity contribution is -0.139. The molecule has 0 aliphatic carbocycles. The van der Waals surface area contributed by atoms with E-state index in [2.05, 4.69) is 5.32 Å². The Kier molecular flexibility index (Phi) is 4.20. The van der Waals surface area contributed by atoms with Crippen molar-refractivity contribution < 1.29 is 19.1 Å². The number of aryl methyl sites for hydroxylation is 2. The van der Waals surface area contributed by atoms with Crippen LogP contribution in [-0.2, 0) is 4.79 Å². The summed E-state index contributed by atoms with van der Waals surface area (Å²) in [7, 11) is 0. The van der Waals surface area contributed by atoms with Gasteiger partial charge in [-0.3, -0.25) is 4.79 Å². The summed E-state index contributed by atoms with van der Waals surface area (Å²) < 4.78 is 12.4. The van der Waals surface area contributed by atoms with Gasteiger partial charge in [-0.25, -0.2) is 9.18 Å². The Hall–Kier alpha value is -1.91. The fraction of sp³-hybridized carbons (Fsp3) is 0.333. The predicted molar refractivity (Wildman–Crippen MR) is 60.8 cm³/mol. The molecule has 0 aromatic heterocycles. The number of carbonyl (C=O) groups is 2. The number of amides is 1. The van der Waals surface area contributed by atoms with Crippen molar-refractivity contribution >= 4 is 11.9 Å². The summed E-state index contributed by atoms with van der Waals surface area (Å²) in [6, 6.07) is 3.65. The molecule has 0 spiro atoms. The zero-order valence-electron chi connectivity index (χ0n) is 9.66. The zero-order chi connectivity index (χ0) is 13.0. The molecule has 0 saturated carbocycles. The minimum absolute atomic E-state index is 0.357. The molecule has 0 aliphatic heterocycles. The summed E-state index contributed by atoms with van der Waals surface area (Å²) in [5, 5.41) is 10.8. The van der Waals surface area contributed by atoms with E-state index in [0.29, 0.717) is 5.56 Å². The lowest BCUT2D eigenvalue weighted by Gasteiger charge is -2.12. The monoisotopic (exact) mass is 239 g/mol. The van der Waals surface area contributed by atoms with E-state index in [1.807, 2.05) is 6.92 Å². The maximum atomic E-state index is 12.4. The molecule has 0 heterocycles. The third kappa shape index (κ3) is 3.27. The lowest BCUT2D eigenvalue weighted by Crippen LogP contribution is -2.42. The average molecular weight is 239 g/mol. The first kappa shape index (κ1) is 13.2. The number of carbonyl (C=O) groups excluding carboxylic acids is 1. The van der Waals surface area contributed by atoms with E-state index >= 15 is 0 Å². The van der Waals surface area contributed by atoms with E-state index in [0.717, 1.165) is 11.1 Å². The van der Waals surface area contributed by atoms with Gasteiger partial charge in [-0.05, 0) is 25.5 Å². The molecule has 1 rings (SSSR count). The van der Waals surface area contributed by atoms with Crippen molar-refractivity contribution in [3.63, 3.8) is 0 Å². The molecule has 1 aromatic carbocycles. The number of rotatable bonds is 4. The minimum atomic E-state index is -1.50. The predicted octanol–water partition coefficient (Wildman–Crippen LogP) is 1.46. The van der Waals surface area contributed by atoms with Gasteiger partial charge in [-0.15, -0.1) is 0 Å². The van der Waals surface area contributed by atoms with Crippen LogP contribution in [0.3, 0.4) is 0 Å². The van der Waals surface area contributed by atoms with Gasteiger partial charge in [0.1, 0.15) is 6.67 Å². The van der Waals surface area contributed by atoms with Gasteiger partial charge in [0, 0.05) is 5.56 Å². The zero-order valence-corrected chi connectivity index (χ0v) is 9.66. The highest BCUT2D eigenvalue weighted by Crippen LogP contribution is 2.10. The second-order valence-corrected chi connectivity index (χ2v) is 3.84. The Bertz CT molecular complexity index is 445. The first-order valence-electron chi connectivity index (χ1n) is 5.12. The number of carboxylic acids is 1. The largest absolute Gasteiger partial charge is 0.480 e.